The minimum Gasteiger partial charge on any atom is -0.476 e. The molecule has 39 heavy (non-hydrogen) atoms. The van der Waals surface area contributed by atoms with Gasteiger partial charge in [0.2, 0.25) is 17.4 Å². The number of imidazole rings is 1. The molecule has 3 aromatic rings. The number of fused-ring (bicyclic) bond motifs is 1. The van der Waals surface area contributed by atoms with Crippen molar-refractivity contribution in [1.29, 1.82) is 0 Å². The first-order chi connectivity index (χ1) is 19.0. The molecule has 1 aliphatic heterocycles. The number of aromatic amines is 1. The third-order valence-electron chi connectivity index (χ3n) is 7.70. The van der Waals surface area contributed by atoms with Gasteiger partial charge in [-0.3, -0.25) is 19.5 Å². The summed E-state index contributed by atoms with van der Waals surface area (Å²) in [5.74, 6) is 0.348. The first-order valence-electron chi connectivity index (χ1n) is 14.2. The van der Waals surface area contributed by atoms with E-state index in [1.807, 2.05) is 19.9 Å². The van der Waals surface area contributed by atoms with Gasteiger partial charge in [-0.25, -0.2) is 4.98 Å². The molecule has 208 valence electrons. The molecule has 3 aromatic heterocycles. The maximum absolute atomic E-state index is 13.0. The topological polar surface area (TPSA) is 117 Å². The fraction of sp³-hybridized carbons (Fsp3) is 0.552. The summed E-state index contributed by atoms with van der Waals surface area (Å²) < 4.78 is 8.17. The number of amides is 2. The number of likely N-dealkylation sites (tertiary alicyclic amines) is 1. The minimum absolute atomic E-state index is 0.00337. The molecule has 4 heterocycles. The van der Waals surface area contributed by atoms with E-state index >= 15 is 0 Å². The van der Waals surface area contributed by atoms with Crippen molar-refractivity contribution in [2.45, 2.75) is 70.9 Å². The summed E-state index contributed by atoms with van der Waals surface area (Å²) >= 11 is 0. The van der Waals surface area contributed by atoms with Crippen molar-refractivity contribution in [2.75, 3.05) is 26.2 Å². The van der Waals surface area contributed by atoms with Crippen LogP contribution in [0.2, 0.25) is 0 Å². The molecule has 2 fully saturated rings. The number of piperidine rings is 1. The third-order valence-corrected chi connectivity index (χ3v) is 7.70. The van der Waals surface area contributed by atoms with E-state index in [4.69, 9.17) is 4.74 Å². The molecule has 2 amide bonds. The highest BCUT2D eigenvalue weighted by molar-refractivity contribution is 5.94. The van der Waals surface area contributed by atoms with Crippen LogP contribution in [0.5, 0.6) is 5.88 Å². The van der Waals surface area contributed by atoms with Crippen LogP contribution in [0.15, 0.2) is 41.8 Å². The summed E-state index contributed by atoms with van der Waals surface area (Å²) in [6, 6.07) is 5.48. The molecule has 0 unspecified atom stereocenters. The predicted octanol–water partition coefficient (Wildman–Crippen LogP) is 3.62. The van der Waals surface area contributed by atoms with Crippen LogP contribution in [0.1, 0.15) is 75.2 Å². The van der Waals surface area contributed by atoms with E-state index in [2.05, 4.69) is 34.7 Å². The maximum Gasteiger partial charge on any atom is 0.280 e. The van der Waals surface area contributed by atoms with Crippen LogP contribution in [0, 0.1) is 5.92 Å². The van der Waals surface area contributed by atoms with Crippen molar-refractivity contribution >= 4 is 22.8 Å². The van der Waals surface area contributed by atoms with Gasteiger partial charge >= 0.3 is 0 Å². The van der Waals surface area contributed by atoms with Gasteiger partial charge in [-0.1, -0.05) is 6.42 Å². The van der Waals surface area contributed by atoms with Gasteiger partial charge in [0.05, 0.1) is 17.2 Å². The molecule has 0 spiro atoms. The number of ether oxygens (including phenoxy) is 1. The minimum atomic E-state index is -0.339. The van der Waals surface area contributed by atoms with Crippen LogP contribution in [-0.4, -0.2) is 68.5 Å². The SMILES string of the molecule is CC(C)NC(=O)[C@H]1CC[C@@H](n2/c(=N/C(=O)c3ccncc3)[nH]c3cnc(OCCN4CCCCC4)cc32)CC1. The largest absolute Gasteiger partial charge is 0.476 e. The molecular weight excluding hydrogens is 494 g/mol. The number of nitrogens with one attached hydrogen (secondary N) is 2. The number of pyridine rings is 2. The van der Waals surface area contributed by atoms with E-state index in [9.17, 15) is 9.59 Å². The summed E-state index contributed by atoms with van der Waals surface area (Å²) in [6.45, 7) is 7.69. The van der Waals surface area contributed by atoms with Gasteiger partial charge in [0.1, 0.15) is 6.61 Å². The number of aromatic nitrogens is 4. The Kier molecular flexibility index (Phi) is 8.71. The zero-order chi connectivity index (χ0) is 27.2. The normalized spacial score (nSPS) is 20.8. The Hall–Kier alpha value is -3.53. The first-order valence-corrected chi connectivity index (χ1v) is 14.2. The number of carbonyl (C=O) groups excluding carboxylic acids is 2. The van der Waals surface area contributed by atoms with Crippen molar-refractivity contribution in [3.8, 4) is 5.88 Å². The molecule has 10 heteroatoms. The number of rotatable bonds is 8. The molecule has 2 aliphatic rings. The Balaban J connectivity index is 1.41. The van der Waals surface area contributed by atoms with Crippen LogP contribution in [-0.2, 0) is 4.79 Å². The highest BCUT2D eigenvalue weighted by Gasteiger charge is 2.29. The van der Waals surface area contributed by atoms with Crippen molar-refractivity contribution in [1.82, 2.24) is 29.7 Å². The summed E-state index contributed by atoms with van der Waals surface area (Å²) in [5.41, 5.74) is 2.65. The smallest absolute Gasteiger partial charge is 0.280 e. The summed E-state index contributed by atoms with van der Waals surface area (Å²) in [7, 11) is 0. The molecule has 1 saturated heterocycles. The van der Waals surface area contributed by atoms with Gasteiger partial charge in [-0.2, -0.15) is 4.99 Å². The molecule has 5 rings (SSSR count). The van der Waals surface area contributed by atoms with Crippen LogP contribution in [0.25, 0.3) is 11.0 Å². The Labute approximate surface area is 228 Å². The van der Waals surface area contributed by atoms with Gasteiger partial charge in [0, 0.05) is 48.6 Å². The Morgan fingerprint density at radius 2 is 1.87 bits per heavy atom. The number of H-pyrrole nitrogens is 1. The average Bonchev–Trinajstić information content (AvgIpc) is 3.30. The zero-order valence-electron chi connectivity index (χ0n) is 22.9. The molecule has 1 saturated carbocycles. The molecule has 10 nitrogen and oxygen atoms in total. The van der Waals surface area contributed by atoms with E-state index in [1.54, 1.807) is 30.7 Å². The molecular formula is C29H39N7O3. The maximum atomic E-state index is 13.0. The van der Waals surface area contributed by atoms with Crippen molar-refractivity contribution in [2.24, 2.45) is 10.9 Å². The fourth-order valence-corrected chi connectivity index (χ4v) is 5.66. The lowest BCUT2D eigenvalue weighted by atomic mass is 9.85. The van der Waals surface area contributed by atoms with E-state index in [-0.39, 0.29) is 29.8 Å². The predicted molar refractivity (Wildman–Crippen MR) is 148 cm³/mol. The summed E-state index contributed by atoms with van der Waals surface area (Å²) in [4.78, 5) is 44.4. The highest BCUT2D eigenvalue weighted by atomic mass is 16.5. The van der Waals surface area contributed by atoms with Crippen LogP contribution >= 0.6 is 0 Å². The summed E-state index contributed by atoms with van der Waals surface area (Å²) in [6.07, 6.45) is 11.9. The number of hydrogen-bond acceptors (Lipinski definition) is 6. The van der Waals surface area contributed by atoms with Gasteiger partial charge in [0.15, 0.2) is 0 Å². The number of carbonyl (C=O) groups is 2. The monoisotopic (exact) mass is 533 g/mol. The average molecular weight is 534 g/mol. The Morgan fingerprint density at radius 3 is 2.59 bits per heavy atom. The molecule has 0 bridgehead atoms. The quantitative estimate of drug-likeness (QED) is 0.457. The van der Waals surface area contributed by atoms with Crippen LogP contribution in [0.4, 0.5) is 0 Å². The fourth-order valence-electron chi connectivity index (χ4n) is 5.66. The Bertz CT molecular complexity index is 1330. The first kappa shape index (κ1) is 27.1. The van der Waals surface area contributed by atoms with E-state index < -0.39 is 0 Å². The van der Waals surface area contributed by atoms with Crippen molar-refractivity contribution in [3.05, 3.63) is 48.0 Å². The standard InChI is InChI=1S/C29H39N7O3/c1-20(2)32-27(37)21-6-8-23(9-7-21)36-25-18-26(39-17-16-35-14-4-3-5-15-35)31-19-24(25)33-29(36)34-28(38)22-10-12-30-13-11-22/h10-13,18-21,23H,3-9,14-17H2,1-2H3,(H,32,37)(H,33,34,38)/t21-,23+. The molecule has 0 aromatic carbocycles. The lowest BCUT2D eigenvalue weighted by molar-refractivity contribution is -0.126. The third kappa shape index (κ3) is 6.73. The number of nitrogens with zero attached hydrogens (tertiary/aromatic N) is 5. The molecule has 2 N–H and O–H groups in total. The second-order valence-electron chi connectivity index (χ2n) is 10.9. The molecule has 0 atom stereocenters. The Morgan fingerprint density at radius 1 is 1.13 bits per heavy atom. The van der Waals surface area contributed by atoms with Crippen LogP contribution in [0.3, 0.4) is 0 Å². The van der Waals surface area contributed by atoms with E-state index in [1.165, 1.54) is 19.3 Å². The van der Waals surface area contributed by atoms with E-state index in [0.717, 1.165) is 56.4 Å². The second kappa shape index (κ2) is 12.5. The lowest BCUT2D eigenvalue weighted by Crippen LogP contribution is -2.38. The van der Waals surface area contributed by atoms with Crippen molar-refractivity contribution < 1.29 is 14.3 Å². The van der Waals surface area contributed by atoms with E-state index in [0.29, 0.717) is 23.7 Å². The lowest BCUT2D eigenvalue weighted by Gasteiger charge is -2.29. The number of hydrogen-bond donors (Lipinski definition) is 2. The summed E-state index contributed by atoms with van der Waals surface area (Å²) in [5, 5.41) is 3.05. The van der Waals surface area contributed by atoms with Gasteiger partial charge in [0.25, 0.3) is 5.91 Å². The van der Waals surface area contributed by atoms with Gasteiger partial charge in [-0.05, 0) is 77.6 Å². The van der Waals surface area contributed by atoms with Crippen LogP contribution < -0.4 is 15.7 Å². The molecule has 1 aliphatic carbocycles. The molecule has 0 radical (unpaired) electrons. The van der Waals surface area contributed by atoms with Crippen molar-refractivity contribution in [3.63, 3.8) is 0 Å². The van der Waals surface area contributed by atoms with Gasteiger partial charge < -0.3 is 19.6 Å². The second-order valence-corrected chi connectivity index (χ2v) is 10.9. The zero-order valence-corrected chi connectivity index (χ0v) is 22.9. The van der Waals surface area contributed by atoms with Gasteiger partial charge in [-0.15, -0.1) is 0 Å². The highest BCUT2D eigenvalue weighted by Crippen LogP contribution is 2.33.